The molecule has 0 unspecified atom stereocenters. The zero-order valence-corrected chi connectivity index (χ0v) is 13.1. The lowest BCUT2D eigenvalue weighted by Gasteiger charge is -2.27. The first-order valence-corrected chi connectivity index (χ1v) is 7.58. The maximum atomic E-state index is 13.9. The molecule has 3 rings (SSSR count). The van der Waals surface area contributed by atoms with E-state index in [2.05, 4.69) is 20.3 Å². The molecule has 2 aromatic rings. The van der Waals surface area contributed by atoms with E-state index >= 15 is 0 Å². The molecule has 6 nitrogen and oxygen atoms in total. The van der Waals surface area contributed by atoms with Crippen molar-refractivity contribution in [2.75, 3.05) is 13.1 Å². The van der Waals surface area contributed by atoms with E-state index in [1.807, 2.05) is 13.8 Å². The highest BCUT2D eigenvalue weighted by Gasteiger charge is 2.27. The summed E-state index contributed by atoms with van der Waals surface area (Å²) < 4.78 is 25.3. The molecule has 1 aliphatic rings. The average Bonchev–Trinajstić information content (AvgIpc) is 2.55. The second-order valence-corrected chi connectivity index (χ2v) is 5.49. The Morgan fingerprint density at radius 2 is 2.17 bits per heavy atom. The summed E-state index contributed by atoms with van der Waals surface area (Å²) in [5.41, 5.74) is 1.48. The van der Waals surface area contributed by atoms with E-state index in [1.54, 1.807) is 24.5 Å². The lowest BCUT2D eigenvalue weighted by Crippen LogP contribution is -2.44. The molecule has 0 aliphatic carbocycles. The van der Waals surface area contributed by atoms with Crippen LogP contribution in [0.4, 0.5) is 4.39 Å². The van der Waals surface area contributed by atoms with Crippen molar-refractivity contribution < 1.29 is 13.9 Å². The molecule has 0 spiro atoms. The normalized spacial score (nSPS) is 21.0. The third-order valence-electron chi connectivity index (χ3n) is 3.67. The number of aromatic nitrogens is 3. The maximum absolute atomic E-state index is 13.9. The fourth-order valence-electron chi connectivity index (χ4n) is 2.33. The fraction of sp³-hybridized carbons (Fsp3) is 0.438. The SMILES string of the molecule is Cc1cnc(Oc2cccnc2C)nc1O[C@H]1CCNC[C@@H]1F. The predicted octanol–water partition coefficient (Wildman–Crippen LogP) is 2.36. The molecule has 1 fully saturated rings. The minimum atomic E-state index is -1.05. The molecule has 122 valence electrons. The van der Waals surface area contributed by atoms with Gasteiger partial charge in [0.05, 0.1) is 5.69 Å². The highest BCUT2D eigenvalue weighted by Crippen LogP contribution is 2.25. The van der Waals surface area contributed by atoms with Gasteiger partial charge in [-0.3, -0.25) is 4.98 Å². The Labute approximate surface area is 134 Å². The number of hydrogen-bond donors (Lipinski definition) is 1. The summed E-state index contributed by atoms with van der Waals surface area (Å²) in [5, 5.41) is 3.00. The van der Waals surface area contributed by atoms with Gasteiger partial charge in [-0.1, -0.05) is 0 Å². The molecule has 1 N–H and O–H groups in total. The Hall–Kier alpha value is -2.28. The van der Waals surface area contributed by atoms with Crippen LogP contribution >= 0.6 is 0 Å². The number of pyridine rings is 1. The molecule has 0 amide bonds. The Morgan fingerprint density at radius 1 is 1.30 bits per heavy atom. The van der Waals surface area contributed by atoms with Crippen molar-refractivity contribution in [3.05, 3.63) is 35.8 Å². The number of nitrogens with zero attached hydrogens (tertiary/aromatic N) is 3. The van der Waals surface area contributed by atoms with Crippen molar-refractivity contribution in [3.63, 3.8) is 0 Å². The largest absolute Gasteiger partial charge is 0.471 e. The van der Waals surface area contributed by atoms with Crippen molar-refractivity contribution >= 4 is 0 Å². The number of hydrogen-bond acceptors (Lipinski definition) is 6. The zero-order chi connectivity index (χ0) is 16.2. The third kappa shape index (κ3) is 3.73. The second-order valence-electron chi connectivity index (χ2n) is 5.49. The minimum absolute atomic E-state index is 0.158. The maximum Gasteiger partial charge on any atom is 0.325 e. The molecule has 2 aromatic heterocycles. The van der Waals surface area contributed by atoms with Crippen LogP contribution in [0.3, 0.4) is 0 Å². The lowest BCUT2D eigenvalue weighted by atomic mass is 10.1. The molecule has 1 aliphatic heterocycles. The summed E-state index contributed by atoms with van der Waals surface area (Å²) in [6.45, 7) is 4.69. The number of nitrogens with one attached hydrogen (secondary N) is 1. The Bertz CT molecular complexity index is 683. The smallest absolute Gasteiger partial charge is 0.325 e. The van der Waals surface area contributed by atoms with Crippen LogP contribution in [-0.2, 0) is 0 Å². The molecule has 3 heterocycles. The van der Waals surface area contributed by atoms with Crippen LogP contribution in [-0.4, -0.2) is 40.3 Å². The first-order valence-electron chi connectivity index (χ1n) is 7.58. The van der Waals surface area contributed by atoms with Crippen LogP contribution in [0.15, 0.2) is 24.5 Å². The van der Waals surface area contributed by atoms with Crippen molar-refractivity contribution in [3.8, 4) is 17.6 Å². The van der Waals surface area contributed by atoms with E-state index in [0.717, 1.165) is 17.8 Å². The van der Waals surface area contributed by atoms with Crippen LogP contribution < -0.4 is 14.8 Å². The quantitative estimate of drug-likeness (QED) is 0.933. The van der Waals surface area contributed by atoms with E-state index in [-0.39, 0.29) is 6.01 Å². The van der Waals surface area contributed by atoms with Crippen molar-refractivity contribution in [1.82, 2.24) is 20.3 Å². The standard InChI is InChI=1S/C16H19FN4O2/c1-10-8-20-16(23-13-4-3-6-19-11(13)2)21-15(10)22-14-5-7-18-9-12(14)17/h3-4,6,8,12,14,18H,5,7,9H2,1-2H3/t12-,14-/m0/s1. The summed E-state index contributed by atoms with van der Waals surface area (Å²) in [5.74, 6) is 0.929. The van der Waals surface area contributed by atoms with Gasteiger partial charge in [0, 0.05) is 24.5 Å². The molecule has 7 heteroatoms. The Morgan fingerprint density at radius 3 is 2.96 bits per heavy atom. The van der Waals surface area contributed by atoms with E-state index in [9.17, 15) is 4.39 Å². The highest BCUT2D eigenvalue weighted by molar-refractivity contribution is 5.30. The van der Waals surface area contributed by atoms with Crippen LogP contribution in [0.5, 0.6) is 17.6 Å². The van der Waals surface area contributed by atoms with Gasteiger partial charge in [0.15, 0.2) is 5.75 Å². The minimum Gasteiger partial charge on any atom is -0.471 e. The van der Waals surface area contributed by atoms with Crippen molar-refractivity contribution in [1.29, 1.82) is 0 Å². The number of alkyl halides is 1. The fourth-order valence-corrected chi connectivity index (χ4v) is 2.33. The van der Waals surface area contributed by atoms with E-state index in [1.165, 1.54) is 0 Å². The van der Waals surface area contributed by atoms with Gasteiger partial charge >= 0.3 is 6.01 Å². The molecule has 0 radical (unpaired) electrons. The summed E-state index contributed by atoms with van der Waals surface area (Å²) in [6.07, 6.45) is 2.34. The van der Waals surface area contributed by atoms with Crippen LogP contribution in [0.1, 0.15) is 17.7 Å². The highest BCUT2D eigenvalue weighted by atomic mass is 19.1. The van der Waals surface area contributed by atoms with Gasteiger partial charge in [-0.25, -0.2) is 9.37 Å². The number of aryl methyl sites for hydroxylation is 2. The summed E-state index contributed by atoms with van der Waals surface area (Å²) in [4.78, 5) is 12.6. The van der Waals surface area contributed by atoms with Gasteiger partial charge in [-0.15, -0.1) is 0 Å². The number of ether oxygens (including phenoxy) is 2. The van der Waals surface area contributed by atoms with Gasteiger partial charge in [0.25, 0.3) is 0 Å². The molecular weight excluding hydrogens is 299 g/mol. The van der Waals surface area contributed by atoms with E-state index in [4.69, 9.17) is 9.47 Å². The molecular formula is C16H19FN4O2. The van der Waals surface area contributed by atoms with Gasteiger partial charge in [0.1, 0.15) is 12.3 Å². The zero-order valence-electron chi connectivity index (χ0n) is 13.1. The second kappa shape index (κ2) is 6.87. The monoisotopic (exact) mass is 318 g/mol. The van der Waals surface area contributed by atoms with Crippen molar-refractivity contribution in [2.45, 2.75) is 32.5 Å². The first kappa shape index (κ1) is 15.6. The third-order valence-corrected chi connectivity index (χ3v) is 3.67. The van der Waals surface area contributed by atoms with Gasteiger partial charge < -0.3 is 14.8 Å². The molecule has 0 saturated carbocycles. The van der Waals surface area contributed by atoms with Gasteiger partial charge in [0.2, 0.25) is 5.88 Å². The van der Waals surface area contributed by atoms with E-state index in [0.29, 0.717) is 24.6 Å². The summed E-state index contributed by atoms with van der Waals surface area (Å²) in [6, 6.07) is 3.72. The van der Waals surface area contributed by atoms with Crippen LogP contribution in [0.2, 0.25) is 0 Å². The topological polar surface area (TPSA) is 69.2 Å². The predicted molar refractivity (Wildman–Crippen MR) is 82.6 cm³/mol. The number of halogens is 1. The van der Waals surface area contributed by atoms with Gasteiger partial charge in [-0.2, -0.15) is 4.98 Å². The molecule has 0 aromatic carbocycles. The van der Waals surface area contributed by atoms with E-state index < -0.39 is 12.3 Å². The molecule has 23 heavy (non-hydrogen) atoms. The first-order chi connectivity index (χ1) is 11.1. The van der Waals surface area contributed by atoms with Crippen LogP contribution in [0, 0.1) is 13.8 Å². The van der Waals surface area contributed by atoms with Crippen LogP contribution in [0.25, 0.3) is 0 Å². The number of piperidine rings is 1. The lowest BCUT2D eigenvalue weighted by molar-refractivity contribution is 0.0681. The molecule has 1 saturated heterocycles. The Balaban J connectivity index is 1.77. The summed E-state index contributed by atoms with van der Waals surface area (Å²) in [7, 11) is 0. The molecule has 2 atom stereocenters. The molecule has 0 bridgehead atoms. The summed E-state index contributed by atoms with van der Waals surface area (Å²) >= 11 is 0. The number of rotatable bonds is 4. The van der Waals surface area contributed by atoms with Crippen molar-refractivity contribution in [2.24, 2.45) is 0 Å². The average molecular weight is 318 g/mol. The Kier molecular flexibility index (Phi) is 4.66. The van der Waals surface area contributed by atoms with Gasteiger partial charge in [-0.05, 0) is 38.9 Å².